The van der Waals surface area contributed by atoms with Crippen LogP contribution >= 0.6 is 0 Å². The SMILES string of the molecule is CCNC(=O)CNC(=O)c1ccc(NN)c([N+](=O)[O-])c1. The molecular formula is C11H15N5O4. The van der Waals surface area contributed by atoms with Crippen LogP contribution in [0.3, 0.4) is 0 Å². The molecular weight excluding hydrogens is 266 g/mol. The molecule has 0 saturated heterocycles. The monoisotopic (exact) mass is 281 g/mol. The van der Waals surface area contributed by atoms with E-state index in [4.69, 9.17) is 5.84 Å². The van der Waals surface area contributed by atoms with Crippen molar-refractivity contribution in [3.8, 4) is 0 Å². The molecule has 2 amide bonds. The number of hydrogen-bond donors (Lipinski definition) is 4. The molecule has 0 fully saturated rings. The number of carbonyl (C=O) groups is 2. The Balaban J connectivity index is 2.81. The summed E-state index contributed by atoms with van der Waals surface area (Å²) in [7, 11) is 0. The summed E-state index contributed by atoms with van der Waals surface area (Å²) in [6, 6.07) is 3.77. The molecule has 5 N–H and O–H groups in total. The van der Waals surface area contributed by atoms with Gasteiger partial charge in [-0.05, 0) is 19.1 Å². The van der Waals surface area contributed by atoms with Gasteiger partial charge in [0.25, 0.3) is 11.6 Å². The number of nitrogens with two attached hydrogens (primary N) is 1. The molecule has 20 heavy (non-hydrogen) atoms. The molecule has 0 saturated carbocycles. The molecule has 1 aromatic carbocycles. The molecule has 9 heteroatoms. The third-order valence-corrected chi connectivity index (χ3v) is 2.40. The van der Waals surface area contributed by atoms with Crippen LogP contribution in [0, 0.1) is 10.1 Å². The van der Waals surface area contributed by atoms with Gasteiger partial charge < -0.3 is 16.1 Å². The number of amides is 2. The van der Waals surface area contributed by atoms with Crippen LogP contribution in [0.15, 0.2) is 18.2 Å². The fourth-order valence-corrected chi connectivity index (χ4v) is 1.47. The Labute approximate surface area is 114 Å². The Morgan fingerprint density at radius 3 is 2.60 bits per heavy atom. The minimum atomic E-state index is -0.657. The van der Waals surface area contributed by atoms with E-state index in [1.165, 1.54) is 12.1 Å². The highest BCUT2D eigenvalue weighted by atomic mass is 16.6. The lowest BCUT2D eigenvalue weighted by molar-refractivity contribution is -0.384. The van der Waals surface area contributed by atoms with Gasteiger partial charge in [-0.1, -0.05) is 0 Å². The number of nitrogens with one attached hydrogen (secondary N) is 3. The number of nitro benzene ring substituents is 1. The van der Waals surface area contributed by atoms with Gasteiger partial charge in [-0.15, -0.1) is 0 Å². The van der Waals surface area contributed by atoms with Crippen molar-refractivity contribution in [1.29, 1.82) is 0 Å². The van der Waals surface area contributed by atoms with Gasteiger partial charge in [0.1, 0.15) is 5.69 Å². The van der Waals surface area contributed by atoms with Crippen molar-refractivity contribution in [2.45, 2.75) is 6.92 Å². The molecule has 0 aliphatic rings. The van der Waals surface area contributed by atoms with Crippen molar-refractivity contribution in [2.24, 2.45) is 5.84 Å². The van der Waals surface area contributed by atoms with Crippen LogP contribution in [0.4, 0.5) is 11.4 Å². The molecule has 0 heterocycles. The van der Waals surface area contributed by atoms with E-state index in [0.717, 1.165) is 6.07 Å². The molecule has 0 aliphatic heterocycles. The summed E-state index contributed by atoms with van der Waals surface area (Å²) >= 11 is 0. The van der Waals surface area contributed by atoms with Crippen molar-refractivity contribution in [2.75, 3.05) is 18.5 Å². The average molecular weight is 281 g/mol. The molecule has 0 spiro atoms. The summed E-state index contributed by atoms with van der Waals surface area (Å²) in [6.45, 7) is 2.01. The third kappa shape index (κ3) is 3.92. The van der Waals surface area contributed by atoms with E-state index in [1.54, 1.807) is 6.92 Å². The van der Waals surface area contributed by atoms with Crippen LogP contribution in [0.25, 0.3) is 0 Å². The van der Waals surface area contributed by atoms with E-state index in [1.807, 2.05) is 0 Å². The maximum atomic E-state index is 11.8. The number of benzene rings is 1. The van der Waals surface area contributed by atoms with Crippen LogP contribution in [0.1, 0.15) is 17.3 Å². The molecule has 0 aliphatic carbocycles. The van der Waals surface area contributed by atoms with Crippen molar-refractivity contribution in [1.82, 2.24) is 10.6 Å². The molecule has 9 nitrogen and oxygen atoms in total. The minimum absolute atomic E-state index is 0.0694. The van der Waals surface area contributed by atoms with E-state index in [-0.39, 0.29) is 29.4 Å². The third-order valence-electron chi connectivity index (χ3n) is 2.40. The Bertz CT molecular complexity index is 532. The maximum absolute atomic E-state index is 11.8. The van der Waals surface area contributed by atoms with Gasteiger partial charge in [-0.2, -0.15) is 0 Å². The van der Waals surface area contributed by atoms with Gasteiger partial charge in [0.15, 0.2) is 0 Å². The number of likely N-dealkylation sites (N-methyl/N-ethyl adjacent to an activating group) is 1. The maximum Gasteiger partial charge on any atom is 0.294 e. The molecule has 0 bridgehead atoms. The summed E-state index contributed by atoms with van der Waals surface area (Å²) in [6.07, 6.45) is 0. The molecule has 0 unspecified atom stereocenters. The lowest BCUT2D eigenvalue weighted by atomic mass is 10.1. The minimum Gasteiger partial charge on any atom is -0.355 e. The van der Waals surface area contributed by atoms with Gasteiger partial charge in [-0.25, -0.2) is 0 Å². The zero-order valence-corrected chi connectivity index (χ0v) is 10.8. The van der Waals surface area contributed by atoms with Crippen molar-refractivity contribution in [3.05, 3.63) is 33.9 Å². The van der Waals surface area contributed by atoms with Crippen LogP contribution < -0.4 is 21.9 Å². The predicted octanol–water partition coefficient (Wildman–Crippen LogP) is -0.254. The number of carbonyl (C=O) groups excluding carboxylic acids is 2. The first kappa shape index (κ1) is 15.4. The number of anilines is 1. The summed E-state index contributed by atoms with van der Waals surface area (Å²) in [5.41, 5.74) is 2.01. The van der Waals surface area contributed by atoms with E-state index in [2.05, 4.69) is 16.1 Å². The van der Waals surface area contributed by atoms with Gasteiger partial charge in [-0.3, -0.25) is 25.5 Å². The lowest BCUT2D eigenvalue weighted by Gasteiger charge is -2.07. The zero-order valence-electron chi connectivity index (χ0n) is 10.8. The largest absolute Gasteiger partial charge is 0.355 e. The average Bonchev–Trinajstić information content (AvgIpc) is 2.44. The number of hydrogen-bond acceptors (Lipinski definition) is 6. The van der Waals surface area contributed by atoms with Crippen LogP contribution in [-0.2, 0) is 4.79 Å². The van der Waals surface area contributed by atoms with E-state index >= 15 is 0 Å². The fraction of sp³-hybridized carbons (Fsp3) is 0.273. The van der Waals surface area contributed by atoms with E-state index in [9.17, 15) is 19.7 Å². The number of rotatable bonds is 6. The molecule has 0 aromatic heterocycles. The van der Waals surface area contributed by atoms with Crippen LogP contribution in [0.2, 0.25) is 0 Å². The van der Waals surface area contributed by atoms with Crippen LogP contribution in [-0.4, -0.2) is 29.8 Å². The Kier molecular flexibility index (Phi) is 5.42. The smallest absolute Gasteiger partial charge is 0.294 e. The topological polar surface area (TPSA) is 139 Å². The van der Waals surface area contributed by atoms with Gasteiger partial charge >= 0.3 is 0 Å². The number of hydrazine groups is 1. The Hall–Kier alpha value is -2.68. The predicted molar refractivity (Wildman–Crippen MR) is 71.9 cm³/mol. The van der Waals surface area contributed by atoms with Crippen molar-refractivity contribution in [3.63, 3.8) is 0 Å². The number of nitrogen functional groups attached to an aromatic ring is 1. The second-order valence-corrected chi connectivity index (χ2v) is 3.77. The second-order valence-electron chi connectivity index (χ2n) is 3.77. The quantitative estimate of drug-likeness (QED) is 0.322. The van der Waals surface area contributed by atoms with Gasteiger partial charge in [0.05, 0.1) is 11.5 Å². The first-order valence-electron chi connectivity index (χ1n) is 5.79. The summed E-state index contributed by atoms with van der Waals surface area (Å²) in [5.74, 6) is 4.22. The van der Waals surface area contributed by atoms with E-state index in [0.29, 0.717) is 6.54 Å². The lowest BCUT2D eigenvalue weighted by Crippen LogP contribution is -2.36. The molecule has 1 aromatic rings. The normalized spacial score (nSPS) is 9.70. The first-order chi connectivity index (χ1) is 9.49. The molecule has 0 radical (unpaired) electrons. The molecule has 108 valence electrons. The van der Waals surface area contributed by atoms with Crippen molar-refractivity contribution >= 4 is 23.2 Å². The molecule has 0 atom stereocenters. The first-order valence-corrected chi connectivity index (χ1v) is 5.79. The summed E-state index contributed by atoms with van der Waals surface area (Å²) in [5, 5.41) is 15.7. The number of nitro groups is 1. The van der Waals surface area contributed by atoms with Crippen molar-refractivity contribution < 1.29 is 14.5 Å². The summed E-state index contributed by atoms with van der Waals surface area (Å²) in [4.78, 5) is 33.1. The standard InChI is InChI=1S/C11H15N5O4/c1-2-13-10(17)6-14-11(18)7-3-4-8(15-12)9(5-7)16(19)20/h3-5,15H,2,6,12H2,1H3,(H,13,17)(H,14,18). The fourth-order valence-electron chi connectivity index (χ4n) is 1.47. The molecule has 1 rings (SSSR count). The Morgan fingerprint density at radius 1 is 1.35 bits per heavy atom. The van der Waals surface area contributed by atoms with E-state index < -0.39 is 10.8 Å². The highest BCUT2D eigenvalue weighted by Crippen LogP contribution is 2.24. The second kappa shape index (κ2) is 7.04. The highest BCUT2D eigenvalue weighted by molar-refractivity contribution is 5.97. The Morgan fingerprint density at radius 2 is 2.05 bits per heavy atom. The highest BCUT2D eigenvalue weighted by Gasteiger charge is 2.17. The number of nitrogens with zero attached hydrogens (tertiary/aromatic N) is 1. The van der Waals surface area contributed by atoms with Crippen LogP contribution in [0.5, 0.6) is 0 Å². The van der Waals surface area contributed by atoms with Gasteiger partial charge in [0.2, 0.25) is 5.91 Å². The summed E-state index contributed by atoms with van der Waals surface area (Å²) < 4.78 is 0. The van der Waals surface area contributed by atoms with Gasteiger partial charge in [0, 0.05) is 18.2 Å². The zero-order chi connectivity index (χ0) is 15.1.